The second-order valence-electron chi connectivity index (χ2n) is 4.20. The first-order valence-corrected chi connectivity index (χ1v) is 7.39. The third-order valence-corrected chi connectivity index (χ3v) is 4.72. The van der Waals surface area contributed by atoms with Crippen molar-refractivity contribution < 1.29 is 8.42 Å². The highest BCUT2D eigenvalue weighted by atomic mass is 32.2. The maximum absolute atomic E-state index is 12.4. The zero-order valence-corrected chi connectivity index (χ0v) is 11.2. The summed E-state index contributed by atoms with van der Waals surface area (Å²) in [6, 6.07) is 13.2. The fourth-order valence-electron chi connectivity index (χ4n) is 1.75. The molecule has 100 valence electrons. The van der Waals surface area contributed by atoms with Gasteiger partial charge in [-0.1, -0.05) is 24.3 Å². The highest BCUT2D eigenvalue weighted by Gasteiger charge is 2.16. The van der Waals surface area contributed by atoms with Gasteiger partial charge in [0.15, 0.2) is 0 Å². The normalized spacial score (nSPS) is 11.5. The van der Waals surface area contributed by atoms with Crippen LogP contribution in [0.5, 0.6) is 0 Å². The lowest BCUT2D eigenvalue weighted by molar-refractivity contribution is 0.596. The van der Waals surface area contributed by atoms with Crippen molar-refractivity contribution in [3.05, 3.63) is 59.7 Å². The fraction of sp³-hybridized carbons (Fsp3) is 0.143. The highest BCUT2D eigenvalue weighted by Crippen LogP contribution is 2.21. The summed E-state index contributed by atoms with van der Waals surface area (Å²) in [5.41, 5.74) is 12.8. The van der Waals surface area contributed by atoms with E-state index in [1.54, 1.807) is 48.5 Å². The minimum atomic E-state index is -3.47. The molecule has 0 fully saturated rings. The molecule has 2 rings (SSSR count). The predicted molar refractivity (Wildman–Crippen MR) is 74.1 cm³/mol. The third-order valence-electron chi connectivity index (χ3n) is 2.94. The van der Waals surface area contributed by atoms with Crippen LogP contribution in [0, 0.1) is 0 Å². The van der Waals surface area contributed by atoms with E-state index in [-0.39, 0.29) is 9.79 Å². The standard InChI is InChI=1S/C14H16N2O2S/c15-9-11-1-5-13(6-2-11)19(17,18)14-7-3-12(10-16)4-8-14/h1-8H,9-10,15-16H2. The molecule has 5 heteroatoms. The van der Waals surface area contributed by atoms with Crippen LogP contribution < -0.4 is 11.5 Å². The lowest BCUT2D eigenvalue weighted by Gasteiger charge is -2.06. The maximum Gasteiger partial charge on any atom is 0.206 e. The number of rotatable bonds is 4. The van der Waals surface area contributed by atoms with Crippen LogP contribution in [0.4, 0.5) is 0 Å². The Bertz CT molecular complexity index is 593. The second kappa shape index (κ2) is 5.52. The van der Waals surface area contributed by atoms with Gasteiger partial charge in [0, 0.05) is 13.1 Å². The molecule has 19 heavy (non-hydrogen) atoms. The zero-order valence-electron chi connectivity index (χ0n) is 10.4. The van der Waals surface area contributed by atoms with Crippen molar-refractivity contribution >= 4 is 9.84 Å². The summed E-state index contributed by atoms with van der Waals surface area (Å²) in [7, 11) is -3.47. The Hall–Kier alpha value is -1.69. The molecule has 4 N–H and O–H groups in total. The topological polar surface area (TPSA) is 86.2 Å². The highest BCUT2D eigenvalue weighted by molar-refractivity contribution is 7.91. The molecular weight excluding hydrogens is 260 g/mol. The summed E-state index contributed by atoms with van der Waals surface area (Å²) in [5.74, 6) is 0. The van der Waals surface area contributed by atoms with Crippen LogP contribution in [0.15, 0.2) is 58.3 Å². The summed E-state index contributed by atoms with van der Waals surface area (Å²) >= 11 is 0. The number of benzene rings is 2. The van der Waals surface area contributed by atoms with Gasteiger partial charge in [-0.15, -0.1) is 0 Å². The van der Waals surface area contributed by atoms with Crippen LogP contribution >= 0.6 is 0 Å². The van der Waals surface area contributed by atoms with Crippen LogP contribution in [0.25, 0.3) is 0 Å². The largest absolute Gasteiger partial charge is 0.326 e. The summed E-state index contributed by atoms with van der Waals surface area (Å²) < 4.78 is 24.7. The Morgan fingerprint density at radius 1 is 0.684 bits per heavy atom. The summed E-state index contributed by atoms with van der Waals surface area (Å²) in [6.07, 6.45) is 0. The van der Waals surface area contributed by atoms with Crippen molar-refractivity contribution in [1.29, 1.82) is 0 Å². The van der Waals surface area contributed by atoms with Gasteiger partial charge in [-0.05, 0) is 35.4 Å². The van der Waals surface area contributed by atoms with Gasteiger partial charge in [0.2, 0.25) is 9.84 Å². The quantitative estimate of drug-likeness (QED) is 0.884. The maximum atomic E-state index is 12.4. The van der Waals surface area contributed by atoms with Gasteiger partial charge in [-0.25, -0.2) is 8.42 Å². The van der Waals surface area contributed by atoms with Crippen molar-refractivity contribution in [2.45, 2.75) is 22.9 Å². The molecule has 0 saturated carbocycles. The SMILES string of the molecule is NCc1ccc(S(=O)(=O)c2ccc(CN)cc2)cc1. The molecule has 0 aliphatic rings. The Morgan fingerprint density at radius 2 is 1.00 bits per heavy atom. The Labute approximate surface area is 113 Å². The first-order valence-electron chi connectivity index (χ1n) is 5.91. The summed E-state index contributed by atoms with van der Waals surface area (Å²) in [6.45, 7) is 0.789. The average Bonchev–Trinajstić information content (AvgIpc) is 2.47. The molecule has 0 unspecified atom stereocenters. The van der Waals surface area contributed by atoms with E-state index in [0.29, 0.717) is 13.1 Å². The molecule has 0 aromatic heterocycles. The minimum Gasteiger partial charge on any atom is -0.326 e. The Morgan fingerprint density at radius 3 is 1.26 bits per heavy atom. The fourth-order valence-corrected chi connectivity index (χ4v) is 3.01. The van der Waals surface area contributed by atoms with E-state index in [9.17, 15) is 8.42 Å². The molecule has 0 radical (unpaired) electrons. The smallest absolute Gasteiger partial charge is 0.206 e. The number of hydrogen-bond donors (Lipinski definition) is 2. The minimum absolute atomic E-state index is 0.269. The van der Waals surface area contributed by atoms with Crippen LogP contribution in [0.1, 0.15) is 11.1 Å². The first-order chi connectivity index (χ1) is 9.07. The summed E-state index contributed by atoms with van der Waals surface area (Å²) in [4.78, 5) is 0.537. The van der Waals surface area contributed by atoms with Crippen LogP contribution in [-0.2, 0) is 22.9 Å². The monoisotopic (exact) mass is 276 g/mol. The van der Waals surface area contributed by atoms with Gasteiger partial charge in [0.1, 0.15) is 0 Å². The zero-order chi connectivity index (χ0) is 13.9. The molecule has 0 aliphatic heterocycles. The predicted octanol–water partition coefficient (Wildman–Crippen LogP) is 1.44. The van der Waals surface area contributed by atoms with E-state index >= 15 is 0 Å². The van der Waals surface area contributed by atoms with Crippen molar-refractivity contribution in [2.75, 3.05) is 0 Å². The van der Waals surface area contributed by atoms with Crippen molar-refractivity contribution in [2.24, 2.45) is 11.5 Å². The Kier molecular flexibility index (Phi) is 3.99. The van der Waals surface area contributed by atoms with Gasteiger partial charge in [0.25, 0.3) is 0 Å². The van der Waals surface area contributed by atoms with Crippen LogP contribution in [-0.4, -0.2) is 8.42 Å². The molecule has 0 aliphatic carbocycles. The molecule has 0 heterocycles. The number of hydrogen-bond acceptors (Lipinski definition) is 4. The lowest BCUT2D eigenvalue weighted by Crippen LogP contribution is -2.04. The molecule has 2 aromatic carbocycles. The van der Waals surface area contributed by atoms with E-state index < -0.39 is 9.84 Å². The van der Waals surface area contributed by atoms with Gasteiger partial charge >= 0.3 is 0 Å². The van der Waals surface area contributed by atoms with E-state index in [1.807, 2.05) is 0 Å². The van der Waals surface area contributed by atoms with E-state index in [4.69, 9.17) is 11.5 Å². The Balaban J connectivity index is 2.39. The average molecular weight is 276 g/mol. The number of nitrogens with two attached hydrogens (primary N) is 2. The second-order valence-corrected chi connectivity index (χ2v) is 6.15. The molecular formula is C14H16N2O2S. The van der Waals surface area contributed by atoms with Crippen molar-refractivity contribution in [1.82, 2.24) is 0 Å². The number of sulfone groups is 1. The van der Waals surface area contributed by atoms with Crippen LogP contribution in [0.3, 0.4) is 0 Å². The molecule has 0 spiro atoms. The van der Waals surface area contributed by atoms with E-state index in [1.165, 1.54) is 0 Å². The van der Waals surface area contributed by atoms with Gasteiger partial charge in [-0.3, -0.25) is 0 Å². The summed E-state index contributed by atoms with van der Waals surface area (Å²) in [5, 5.41) is 0. The van der Waals surface area contributed by atoms with Gasteiger partial charge < -0.3 is 11.5 Å². The third kappa shape index (κ3) is 2.84. The lowest BCUT2D eigenvalue weighted by atomic mass is 10.2. The van der Waals surface area contributed by atoms with E-state index in [0.717, 1.165) is 11.1 Å². The molecule has 0 bridgehead atoms. The molecule has 0 amide bonds. The van der Waals surface area contributed by atoms with Gasteiger partial charge in [-0.2, -0.15) is 0 Å². The van der Waals surface area contributed by atoms with Gasteiger partial charge in [0.05, 0.1) is 9.79 Å². The molecule has 4 nitrogen and oxygen atoms in total. The van der Waals surface area contributed by atoms with Crippen molar-refractivity contribution in [3.8, 4) is 0 Å². The molecule has 0 saturated heterocycles. The van der Waals surface area contributed by atoms with Crippen molar-refractivity contribution in [3.63, 3.8) is 0 Å². The van der Waals surface area contributed by atoms with Crippen LogP contribution in [0.2, 0.25) is 0 Å². The first kappa shape index (κ1) is 13.7. The van der Waals surface area contributed by atoms with E-state index in [2.05, 4.69) is 0 Å². The molecule has 0 atom stereocenters. The molecule has 2 aromatic rings.